The number of hydrogen-bond acceptors (Lipinski definition) is 1. The number of benzene rings is 1. The second-order valence-electron chi connectivity index (χ2n) is 6.68. The van der Waals surface area contributed by atoms with Crippen LogP contribution in [0.5, 0.6) is 0 Å². The predicted octanol–water partition coefficient (Wildman–Crippen LogP) is 4.67. The number of nitrogens with one attached hydrogen (secondary N) is 1. The number of rotatable bonds is 4. The monoisotopic (exact) mass is 265 g/mol. The smallest absolute Gasteiger partial charge is 0.0409 e. The molecule has 1 fully saturated rings. The molecule has 1 unspecified atom stereocenters. The van der Waals surface area contributed by atoms with Crippen LogP contribution in [0.15, 0.2) is 24.3 Å². The largest absolute Gasteiger partial charge is 0.310 e. The van der Waals surface area contributed by atoms with Crippen molar-refractivity contribution in [1.29, 1.82) is 0 Å². The fourth-order valence-corrected chi connectivity index (χ4v) is 3.23. The Morgan fingerprint density at radius 2 is 1.83 bits per heavy atom. The van der Waals surface area contributed by atoms with E-state index in [1.54, 1.807) is 0 Å². The van der Waals surface area contributed by atoms with E-state index in [9.17, 15) is 0 Å². The Hall–Kier alpha value is -0.530. The highest BCUT2D eigenvalue weighted by Crippen LogP contribution is 2.68. The van der Waals surface area contributed by atoms with E-state index in [2.05, 4.69) is 46.0 Å². The molecule has 1 aromatic rings. The highest BCUT2D eigenvalue weighted by atomic mass is 35.5. The molecule has 1 aliphatic rings. The summed E-state index contributed by atoms with van der Waals surface area (Å²) in [5.41, 5.74) is 2.17. The molecule has 100 valence electrons. The van der Waals surface area contributed by atoms with Gasteiger partial charge in [0, 0.05) is 11.1 Å². The minimum Gasteiger partial charge on any atom is -0.310 e. The molecule has 0 aromatic heterocycles. The zero-order chi connectivity index (χ0) is 13.6. The van der Waals surface area contributed by atoms with Crippen LogP contribution in [0, 0.1) is 16.7 Å². The molecule has 1 N–H and O–H groups in total. The zero-order valence-corrected chi connectivity index (χ0v) is 12.8. The third kappa shape index (κ3) is 2.31. The van der Waals surface area contributed by atoms with E-state index in [1.165, 1.54) is 5.56 Å². The maximum Gasteiger partial charge on any atom is 0.0409 e. The molecule has 1 atom stereocenters. The van der Waals surface area contributed by atoms with E-state index >= 15 is 0 Å². The molecule has 2 heteroatoms. The van der Waals surface area contributed by atoms with Gasteiger partial charge in [-0.1, -0.05) is 51.4 Å². The van der Waals surface area contributed by atoms with Crippen LogP contribution >= 0.6 is 11.6 Å². The fourth-order valence-electron chi connectivity index (χ4n) is 3.03. The molecule has 0 heterocycles. The molecule has 18 heavy (non-hydrogen) atoms. The Morgan fingerprint density at radius 1 is 1.22 bits per heavy atom. The van der Waals surface area contributed by atoms with Gasteiger partial charge in [0.15, 0.2) is 0 Å². The first-order valence-corrected chi connectivity index (χ1v) is 7.13. The summed E-state index contributed by atoms with van der Waals surface area (Å²) in [5.74, 6) is 0.756. The first kappa shape index (κ1) is 13.9. The summed E-state index contributed by atoms with van der Waals surface area (Å²) in [6, 6.07) is 8.47. The lowest BCUT2D eigenvalue weighted by atomic mass is 10.0. The van der Waals surface area contributed by atoms with Crippen molar-refractivity contribution in [3.63, 3.8) is 0 Å². The number of hydrogen-bond donors (Lipinski definition) is 1. The topological polar surface area (TPSA) is 12.0 Å². The van der Waals surface area contributed by atoms with E-state index in [0.29, 0.717) is 16.9 Å². The van der Waals surface area contributed by atoms with Crippen LogP contribution in [0.2, 0.25) is 5.02 Å². The van der Waals surface area contributed by atoms with Crippen molar-refractivity contribution in [2.75, 3.05) is 6.54 Å². The highest BCUT2D eigenvalue weighted by molar-refractivity contribution is 6.30. The van der Waals surface area contributed by atoms with Crippen molar-refractivity contribution in [2.24, 2.45) is 16.7 Å². The Bertz CT molecular complexity index is 422. The fraction of sp³-hybridized carbons (Fsp3) is 0.625. The van der Waals surface area contributed by atoms with Crippen molar-refractivity contribution in [3.05, 3.63) is 34.9 Å². The highest BCUT2D eigenvalue weighted by Gasteiger charge is 2.63. The van der Waals surface area contributed by atoms with Gasteiger partial charge in [0.2, 0.25) is 0 Å². The van der Waals surface area contributed by atoms with E-state index in [-0.39, 0.29) is 0 Å². The minimum atomic E-state index is 0.357. The van der Waals surface area contributed by atoms with Crippen molar-refractivity contribution in [1.82, 2.24) is 5.32 Å². The maximum absolute atomic E-state index is 6.03. The van der Waals surface area contributed by atoms with Crippen LogP contribution in [0.3, 0.4) is 0 Å². The van der Waals surface area contributed by atoms with Crippen molar-refractivity contribution in [2.45, 2.75) is 40.7 Å². The molecule has 0 aliphatic heterocycles. The molecule has 0 bridgehead atoms. The van der Waals surface area contributed by atoms with E-state index in [0.717, 1.165) is 17.5 Å². The maximum atomic E-state index is 6.03. The molecule has 1 aliphatic carbocycles. The third-order valence-electron chi connectivity index (χ3n) is 5.30. The third-order valence-corrected chi connectivity index (χ3v) is 5.53. The Balaban J connectivity index is 1.92. The molecule has 1 nitrogen and oxygen atoms in total. The molecular formula is C16H24ClN. The van der Waals surface area contributed by atoms with Crippen LogP contribution < -0.4 is 5.32 Å². The molecule has 0 spiro atoms. The Kier molecular flexibility index (Phi) is 3.50. The Labute approximate surface area is 116 Å². The van der Waals surface area contributed by atoms with Crippen LogP contribution in [0.25, 0.3) is 0 Å². The van der Waals surface area contributed by atoms with Gasteiger partial charge in [0.05, 0.1) is 0 Å². The lowest BCUT2D eigenvalue weighted by Crippen LogP contribution is -2.23. The van der Waals surface area contributed by atoms with Crippen LogP contribution in [-0.4, -0.2) is 6.54 Å². The summed E-state index contributed by atoms with van der Waals surface area (Å²) in [7, 11) is 0. The molecule has 2 rings (SSSR count). The van der Waals surface area contributed by atoms with Crippen molar-refractivity contribution in [3.8, 4) is 0 Å². The molecule has 1 aromatic carbocycles. The van der Waals surface area contributed by atoms with E-state index in [4.69, 9.17) is 11.6 Å². The summed E-state index contributed by atoms with van der Waals surface area (Å²) in [6.07, 6.45) is 0. The van der Waals surface area contributed by atoms with E-state index < -0.39 is 0 Å². The Morgan fingerprint density at radius 3 is 2.33 bits per heavy atom. The normalized spacial score (nSPS) is 22.8. The first-order valence-electron chi connectivity index (χ1n) is 6.75. The molecule has 1 saturated carbocycles. The van der Waals surface area contributed by atoms with Crippen LogP contribution in [0.4, 0.5) is 0 Å². The van der Waals surface area contributed by atoms with Gasteiger partial charge in [-0.2, -0.15) is 0 Å². The molecular weight excluding hydrogens is 242 g/mol. The zero-order valence-electron chi connectivity index (χ0n) is 12.0. The van der Waals surface area contributed by atoms with Gasteiger partial charge in [-0.05, 0) is 47.9 Å². The molecule has 0 saturated heterocycles. The van der Waals surface area contributed by atoms with Gasteiger partial charge in [-0.3, -0.25) is 0 Å². The lowest BCUT2D eigenvalue weighted by Gasteiger charge is -2.15. The minimum absolute atomic E-state index is 0.357. The molecule has 0 amide bonds. The summed E-state index contributed by atoms with van der Waals surface area (Å²) in [6.45, 7) is 12.7. The van der Waals surface area contributed by atoms with Gasteiger partial charge in [-0.25, -0.2) is 0 Å². The van der Waals surface area contributed by atoms with E-state index in [1.807, 2.05) is 18.2 Å². The standard InChI is InChI=1S/C16H24ClN/c1-11(12-7-6-8-13(17)9-12)18-10-14-15(2,3)16(14,4)5/h6-9,11,14,18H,10H2,1-5H3. The summed E-state index contributed by atoms with van der Waals surface area (Å²) < 4.78 is 0. The van der Waals surface area contributed by atoms with Gasteiger partial charge in [0.1, 0.15) is 0 Å². The SMILES string of the molecule is CC(NCC1C(C)(C)C1(C)C)c1cccc(Cl)c1. The second kappa shape index (κ2) is 4.54. The number of halogens is 1. The van der Waals surface area contributed by atoms with Gasteiger partial charge in [-0.15, -0.1) is 0 Å². The van der Waals surface area contributed by atoms with Gasteiger partial charge in [0.25, 0.3) is 0 Å². The van der Waals surface area contributed by atoms with Gasteiger partial charge < -0.3 is 5.32 Å². The summed E-state index contributed by atoms with van der Waals surface area (Å²) >= 11 is 6.03. The first-order chi connectivity index (χ1) is 8.26. The predicted molar refractivity (Wildman–Crippen MR) is 78.9 cm³/mol. The van der Waals surface area contributed by atoms with Crippen molar-refractivity contribution >= 4 is 11.6 Å². The summed E-state index contributed by atoms with van der Waals surface area (Å²) in [5, 5.41) is 4.45. The van der Waals surface area contributed by atoms with Crippen molar-refractivity contribution < 1.29 is 0 Å². The molecule has 0 radical (unpaired) electrons. The average Bonchev–Trinajstić information content (AvgIpc) is 2.66. The average molecular weight is 266 g/mol. The lowest BCUT2D eigenvalue weighted by molar-refractivity contribution is 0.457. The second-order valence-corrected chi connectivity index (χ2v) is 7.12. The quantitative estimate of drug-likeness (QED) is 0.834. The van der Waals surface area contributed by atoms with Gasteiger partial charge >= 0.3 is 0 Å². The van der Waals surface area contributed by atoms with Crippen LogP contribution in [0.1, 0.15) is 46.2 Å². The van der Waals surface area contributed by atoms with Crippen LogP contribution in [-0.2, 0) is 0 Å². The summed E-state index contributed by atoms with van der Waals surface area (Å²) in [4.78, 5) is 0.